The Hall–Kier alpha value is -3.03. The summed E-state index contributed by atoms with van der Waals surface area (Å²) >= 11 is 0. The second kappa shape index (κ2) is 10.7. The molecule has 1 aliphatic heterocycles. The number of carbonyl (C=O) groups excluding carboxylic acids is 2. The summed E-state index contributed by atoms with van der Waals surface area (Å²) in [7, 11) is 0. The van der Waals surface area contributed by atoms with E-state index in [9.17, 15) is 22.8 Å². The highest BCUT2D eigenvalue weighted by atomic mass is 19.4. The third-order valence-corrected chi connectivity index (χ3v) is 5.46. The highest BCUT2D eigenvalue weighted by molar-refractivity contribution is 5.88. The molecule has 8 heteroatoms. The maximum Gasteiger partial charge on any atom is 0.416 e. The number of hydrogen-bond acceptors (Lipinski definition) is 3. The van der Waals surface area contributed by atoms with E-state index < -0.39 is 17.8 Å². The molecule has 2 aromatic rings. The molecule has 0 saturated carbocycles. The minimum atomic E-state index is -4.49. The van der Waals surface area contributed by atoms with Gasteiger partial charge in [0.05, 0.1) is 18.1 Å². The fourth-order valence-corrected chi connectivity index (χ4v) is 3.87. The van der Waals surface area contributed by atoms with Crippen LogP contribution in [0.3, 0.4) is 0 Å². The molecule has 1 saturated heterocycles. The van der Waals surface area contributed by atoms with Crippen LogP contribution < -0.4 is 10.1 Å². The lowest BCUT2D eigenvalue weighted by molar-refractivity contribution is -0.141. The van der Waals surface area contributed by atoms with Gasteiger partial charge in [0.25, 0.3) is 0 Å². The number of carbonyl (C=O) groups is 2. The van der Waals surface area contributed by atoms with Crippen molar-refractivity contribution in [1.82, 2.24) is 10.2 Å². The molecule has 1 aliphatic rings. The van der Waals surface area contributed by atoms with Crippen LogP contribution in [0.25, 0.3) is 0 Å². The molecule has 0 aromatic heterocycles. The second-order valence-corrected chi connectivity index (χ2v) is 8.51. The van der Waals surface area contributed by atoms with Gasteiger partial charge in [0.1, 0.15) is 11.8 Å². The van der Waals surface area contributed by atoms with Gasteiger partial charge >= 0.3 is 6.18 Å². The minimum absolute atomic E-state index is 0.0241. The number of alkyl halides is 3. The largest absolute Gasteiger partial charge is 0.491 e. The first-order valence-electron chi connectivity index (χ1n) is 11.1. The lowest BCUT2D eigenvalue weighted by atomic mass is 10.0. The summed E-state index contributed by atoms with van der Waals surface area (Å²) in [5.74, 6) is 0.0753. The van der Waals surface area contributed by atoms with Gasteiger partial charge in [-0.15, -0.1) is 0 Å². The van der Waals surface area contributed by atoms with Crippen molar-refractivity contribution in [2.45, 2.75) is 64.4 Å². The highest BCUT2D eigenvalue weighted by Gasteiger charge is 2.33. The van der Waals surface area contributed by atoms with Gasteiger partial charge in [0.2, 0.25) is 11.8 Å². The Labute approximate surface area is 191 Å². The Morgan fingerprint density at radius 2 is 1.85 bits per heavy atom. The summed E-state index contributed by atoms with van der Waals surface area (Å²) in [4.78, 5) is 27.5. The topological polar surface area (TPSA) is 58.6 Å². The molecule has 1 N–H and O–H groups in total. The fraction of sp³-hybridized carbons (Fsp3) is 0.440. The van der Waals surface area contributed by atoms with Crippen LogP contribution in [0.1, 0.15) is 49.8 Å². The summed E-state index contributed by atoms with van der Waals surface area (Å²) in [5, 5.41) is 2.84. The maximum absolute atomic E-state index is 13.3. The normalized spacial score (nSPS) is 16.8. The molecule has 1 atom stereocenters. The van der Waals surface area contributed by atoms with E-state index in [4.69, 9.17) is 4.74 Å². The first-order valence-corrected chi connectivity index (χ1v) is 11.1. The number of rotatable bonds is 7. The molecule has 3 rings (SSSR count). The molecule has 1 heterocycles. The molecule has 2 aromatic carbocycles. The van der Waals surface area contributed by atoms with E-state index in [2.05, 4.69) is 5.32 Å². The van der Waals surface area contributed by atoms with Gasteiger partial charge in [0.15, 0.2) is 0 Å². The molecule has 0 radical (unpaired) electrons. The van der Waals surface area contributed by atoms with Crippen LogP contribution in [0.2, 0.25) is 0 Å². The Morgan fingerprint density at radius 1 is 1.12 bits per heavy atom. The number of ether oxygens (including phenoxy) is 1. The fourth-order valence-electron chi connectivity index (χ4n) is 3.87. The van der Waals surface area contributed by atoms with Crippen LogP contribution in [0, 0.1) is 0 Å². The van der Waals surface area contributed by atoms with E-state index in [0.717, 1.165) is 30.5 Å². The zero-order valence-electron chi connectivity index (χ0n) is 18.8. The maximum atomic E-state index is 13.3. The van der Waals surface area contributed by atoms with Crippen molar-refractivity contribution >= 4 is 11.8 Å². The number of hydrogen-bond donors (Lipinski definition) is 1. The standard InChI is InChI=1S/C25H29F3N2O3/c1-17(2)33-21-11-9-18(10-12-21)16-30(22-8-3-4-13-29-24(22)32)23(31)15-19-6-5-7-20(14-19)25(26,27)28/h5-7,9-12,14,17,22H,3-4,8,13,15-16H2,1-2H3,(H,29,32)/t22-/m0/s1. The summed E-state index contributed by atoms with van der Waals surface area (Å²) < 4.78 is 44.9. The highest BCUT2D eigenvalue weighted by Crippen LogP contribution is 2.30. The molecule has 0 bridgehead atoms. The van der Waals surface area contributed by atoms with Crippen molar-refractivity contribution in [3.8, 4) is 5.75 Å². The molecule has 0 spiro atoms. The Kier molecular flexibility index (Phi) is 8.00. The zero-order chi connectivity index (χ0) is 24.0. The third kappa shape index (κ3) is 6.97. The molecule has 0 aliphatic carbocycles. The van der Waals surface area contributed by atoms with Crippen LogP contribution in [-0.4, -0.2) is 35.4 Å². The predicted octanol–water partition coefficient (Wildman–Crippen LogP) is 4.73. The lowest BCUT2D eigenvalue weighted by Crippen LogP contribution is -2.48. The average molecular weight is 463 g/mol. The molecular weight excluding hydrogens is 433 g/mol. The molecule has 33 heavy (non-hydrogen) atoms. The summed E-state index contributed by atoms with van der Waals surface area (Å²) in [6.45, 7) is 4.57. The number of benzene rings is 2. The quantitative estimate of drug-likeness (QED) is 0.647. The Balaban J connectivity index is 1.83. The van der Waals surface area contributed by atoms with Crippen molar-refractivity contribution in [3.05, 3.63) is 65.2 Å². The molecule has 2 amide bonds. The summed E-state index contributed by atoms with van der Waals surface area (Å²) in [6.07, 6.45) is -2.58. The van der Waals surface area contributed by atoms with Gasteiger partial charge in [-0.1, -0.05) is 30.3 Å². The Bertz CT molecular complexity index is 958. The van der Waals surface area contributed by atoms with E-state index in [1.54, 1.807) is 12.1 Å². The monoisotopic (exact) mass is 462 g/mol. The van der Waals surface area contributed by atoms with Crippen LogP contribution in [0.15, 0.2) is 48.5 Å². The van der Waals surface area contributed by atoms with E-state index >= 15 is 0 Å². The van der Waals surface area contributed by atoms with Gasteiger partial charge in [-0.2, -0.15) is 13.2 Å². The van der Waals surface area contributed by atoms with Gasteiger partial charge in [-0.25, -0.2) is 0 Å². The van der Waals surface area contributed by atoms with Crippen LogP contribution in [0.5, 0.6) is 5.75 Å². The summed E-state index contributed by atoms with van der Waals surface area (Å²) in [6, 6.07) is 11.4. The second-order valence-electron chi connectivity index (χ2n) is 8.51. The first-order chi connectivity index (χ1) is 15.6. The summed E-state index contributed by atoms with van der Waals surface area (Å²) in [5.41, 5.74) is 0.266. The van der Waals surface area contributed by atoms with Crippen molar-refractivity contribution in [2.75, 3.05) is 6.54 Å². The van der Waals surface area contributed by atoms with Crippen molar-refractivity contribution in [1.29, 1.82) is 0 Å². The number of nitrogens with zero attached hydrogens (tertiary/aromatic N) is 1. The molecule has 0 unspecified atom stereocenters. The number of nitrogens with one attached hydrogen (secondary N) is 1. The average Bonchev–Trinajstić information content (AvgIpc) is 2.96. The zero-order valence-corrected chi connectivity index (χ0v) is 18.8. The van der Waals surface area contributed by atoms with Crippen molar-refractivity contribution in [3.63, 3.8) is 0 Å². The smallest absolute Gasteiger partial charge is 0.416 e. The first kappa shape index (κ1) is 24.6. The van der Waals surface area contributed by atoms with Crippen molar-refractivity contribution in [2.24, 2.45) is 0 Å². The molecule has 178 valence electrons. The number of halogens is 3. The minimum Gasteiger partial charge on any atom is -0.491 e. The lowest BCUT2D eigenvalue weighted by Gasteiger charge is -2.30. The molecular formula is C25H29F3N2O3. The number of amides is 2. The van der Waals surface area contributed by atoms with Gasteiger partial charge in [-0.05, 0) is 62.4 Å². The van der Waals surface area contributed by atoms with E-state index in [-0.39, 0.29) is 36.4 Å². The molecule has 1 fully saturated rings. The van der Waals surface area contributed by atoms with E-state index in [1.165, 1.54) is 17.0 Å². The molecule has 5 nitrogen and oxygen atoms in total. The van der Waals surface area contributed by atoms with Crippen LogP contribution >= 0.6 is 0 Å². The van der Waals surface area contributed by atoms with Crippen molar-refractivity contribution < 1.29 is 27.5 Å². The van der Waals surface area contributed by atoms with Gasteiger partial charge in [-0.3, -0.25) is 9.59 Å². The van der Waals surface area contributed by atoms with Crippen LogP contribution in [-0.2, 0) is 28.7 Å². The predicted molar refractivity (Wildman–Crippen MR) is 119 cm³/mol. The van der Waals surface area contributed by atoms with Gasteiger partial charge in [0, 0.05) is 13.1 Å². The van der Waals surface area contributed by atoms with Crippen LogP contribution in [0.4, 0.5) is 13.2 Å². The van der Waals surface area contributed by atoms with E-state index in [0.29, 0.717) is 18.7 Å². The SMILES string of the molecule is CC(C)Oc1ccc(CN(C(=O)Cc2cccc(C(F)(F)F)c2)[C@H]2CCCCNC2=O)cc1. The third-order valence-electron chi connectivity index (χ3n) is 5.46. The Morgan fingerprint density at radius 3 is 2.52 bits per heavy atom. The van der Waals surface area contributed by atoms with Gasteiger partial charge < -0.3 is 15.0 Å². The van der Waals surface area contributed by atoms with E-state index in [1.807, 2.05) is 26.0 Å².